The highest BCUT2D eigenvalue weighted by Crippen LogP contribution is 2.53. The van der Waals surface area contributed by atoms with Crippen LogP contribution in [0.15, 0.2) is 60.7 Å². The molecule has 2 aliphatic heterocycles. The number of hydrogen-bond donors (Lipinski definition) is 2. The molecule has 1 fully saturated rings. The van der Waals surface area contributed by atoms with Crippen molar-refractivity contribution in [2.24, 2.45) is 0 Å². The van der Waals surface area contributed by atoms with Crippen LogP contribution in [0.5, 0.6) is 23.0 Å². The SMILES string of the molecule is COC(=O)c1ccc([C@H]2C[C@@H](NC(=O)C3(c4ccc5c(c4)OC(F)(F)O5)CC3)c3ccc(O)cc3O2)cc1. The van der Waals surface area contributed by atoms with Crippen LogP contribution in [-0.2, 0) is 14.9 Å². The highest BCUT2D eigenvalue weighted by Gasteiger charge is 2.53. The number of phenolic OH excluding ortho intramolecular Hbond substituents is 1. The Bertz CT molecular complexity index is 1440. The van der Waals surface area contributed by atoms with Gasteiger partial charge in [-0.05, 0) is 60.4 Å². The Balaban J connectivity index is 1.26. The second-order valence-corrected chi connectivity index (χ2v) is 9.62. The smallest absolute Gasteiger partial charge is 0.508 e. The topological polar surface area (TPSA) is 103 Å². The van der Waals surface area contributed by atoms with Gasteiger partial charge in [0.05, 0.1) is 24.1 Å². The fourth-order valence-electron chi connectivity index (χ4n) is 5.06. The number of phenols is 1. The maximum Gasteiger partial charge on any atom is 0.586 e. The third kappa shape index (κ3) is 4.15. The lowest BCUT2D eigenvalue weighted by molar-refractivity contribution is -0.286. The largest absolute Gasteiger partial charge is 0.586 e. The molecule has 0 saturated heterocycles. The number of amides is 1. The Morgan fingerprint density at radius 2 is 1.71 bits per heavy atom. The zero-order chi connectivity index (χ0) is 26.7. The molecule has 2 atom stereocenters. The van der Waals surface area contributed by atoms with Gasteiger partial charge in [-0.2, -0.15) is 0 Å². The fraction of sp³-hybridized carbons (Fsp3) is 0.286. The van der Waals surface area contributed by atoms with Gasteiger partial charge in [0.15, 0.2) is 11.5 Å². The molecule has 8 nitrogen and oxygen atoms in total. The molecule has 2 heterocycles. The van der Waals surface area contributed by atoms with Crippen molar-refractivity contribution in [3.05, 3.63) is 82.9 Å². The summed E-state index contributed by atoms with van der Waals surface area (Å²) in [5, 5.41) is 13.2. The van der Waals surface area contributed by atoms with Crippen LogP contribution in [-0.4, -0.2) is 30.4 Å². The van der Waals surface area contributed by atoms with Crippen LogP contribution in [0.25, 0.3) is 0 Å². The zero-order valence-corrected chi connectivity index (χ0v) is 20.2. The molecule has 38 heavy (non-hydrogen) atoms. The molecule has 0 bridgehead atoms. The summed E-state index contributed by atoms with van der Waals surface area (Å²) >= 11 is 0. The molecule has 1 saturated carbocycles. The van der Waals surface area contributed by atoms with E-state index in [-0.39, 0.29) is 23.2 Å². The van der Waals surface area contributed by atoms with Gasteiger partial charge in [-0.25, -0.2) is 4.79 Å². The summed E-state index contributed by atoms with van der Waals surface area (Å²) in [5.41, 5.74) is 1.59. The second-order valence-electron chi connectivity index (χ2n) is 9.62. The van der Waals surface area contributed by atoms with Crippen LogP contribution in [0.3, 0.4) is 0 Å². The van der Waals surface area contributed by atoms with E-state index in [1.807, 2.05) is 0 Å². The normalized spacial score (nSPS) is 21.6. The Kier molecular flexibility index (Phi) is 5.44. The molecule has 6 rings (SSSR count). The molecule has 0 radical (unpaired) electrons. The number of rotatable bonds is 5. The van der Waals surface area contributed by atoms with Crippen molar-refractivity contribution in [2.75, 3.05) is 7.11 Å². The number of hydrogen-bond acceptors (Lipinski definition) is 7. The van der Waals surface area contributed by atoms with Gasteiger partial charge < -0.3 is 29.4 Å². The summed E-state index contributed by atoms with van der Waals surface area (Å²) in [6.45, 7) is 0. The van der Waals surface area contributed by atoms with E-state index in [4.69, 9.17) is 9.47 Å². The molecule has 2 N–H and O–H groups in total. The lowest BCUT2D eigenvalue weighted by Crippen LogP contribution is -2.39. The Hall–Kier alpha value is -4.34. The number of nitrogens with one attached hydrogen (secondary N) is 1. The third-order valence-electron chi connectivity index (χ3n) is 7.24. The number of benzene rings is 3. The Morgan fingerprint density at radius 1 is 0.974 bits per heavy atom. The number of esters is 1. The van der Waals surface area contributed by atoms with Crippen LogP contribution in [0.1, 0.15) is 58.5 Å². The standard InChI is InChI=1S/C28H23F2NO7/c1-35-25(33)16-4-2-15(3-5-16)22-14-20(19-8-7-18(32)13-23(19)36-22)31-26(34)27(10-11-27)17-6-9-21-24(12-17)38-28(29,30)37-21/h2-9,12-13,20,22,32H,10-11,14H2,1H3,(H,31,34)/t20-,22-/m1/s1. The number of alkyl halides is 2. The first kappa shape index (κ1) is 24.0. The minimum atomic E-state index is -3.73. The summed E-state index contributed by atoms with van der Waals surface area (Å²) in [6, 6.07) is 15.5. The van der Waals surface area contributed by atoms with Gasteiger partial charge in [0.2, 0.25) is 5.91 Å². The van der Waals surface area contributed by atoms with Crippen molar-refractivity contribution in [1.82, 2.24) is 5.32 Å². The van der Waals surface area contributed by atoms with Crippen LogP contribution in [0, 0.1) is 0 Å². The third-order valence-corrected chi connectivity index (χ3v) is 7.24. The molecule has 3 aromatic rings. The summed E-state index contributed by atoms with van der Waals surface area (Å²) < 4.78 is 47.0. The van der Waals surface area contributed by atoms with Crippen molar-refractivity contribution >= 4 is 11.9 Å². The van der Waals surface area contributed by atoms with E-state index in [1.54, 1.807) is 36.4 Å². The molecule has 1 amide bonds. The monoisotopic (exact) mass is 523 g/mol. The molecule has 1 aliphatic carbocycles. The number of carbonyl (C=O) groups is 2. The minimum Gasteiger partial charge on any atom is -0.508 e. The van der Waals surface area contributed by atoms with Crippen molar-refractivity contribution in [3.8, 4) is 23.0 Å². The summed E-state index contributed by atoms with van der Waals surface area (Å²) in [4.78, 5) is 25.4. The van der Waals surface area contributed by atoms with Crippen molar-refractivity contribution < 1.29 is 42.4 Å². The average molecular weight is 523 g/mol. The summed E-state index contributed by atoms with van der Waals surface area (Å²) in [5.74, 6) is -0.425. The fourth-order valence-corrected chi connectivity index (χ4v) is 5.06. The molecule has 10 heteroatoms. The average Bonchev–Trinajstić information content (AvgIpc) is 3.65. The predicted molar refractivity (Wildman–Crippen MR) is 128 cm³/mol. The molecule has 0 unspecified atom stereocenters. The van der Waals surface area contributed by atoms with Gasteiger partial charge in [0.1, 0.15) is 17.6 Å². The van der Waals surface area contributed by atoms with E-state index in [1.165, 1.54) is 31.4 Å². The van der Waals surface area contributed by atoms with E-state index in [0.717, 1.165) is 5.56 Å². The van der Waals surface area contributed by atoms with E-state index in [0.29, 0.717) is 41.7 Å². The van der Waals surface area contributed by atoms with Gasteiger partial charge in [0.25, 0.3) is 0 Å². The van der Waals surface area contributed by atoms with E-state index >= 15 is 0 Å². The molecule has 3 aliphatic rings. The number of halogens is 2. The summed E-state index contributed by atoms with van der Waals surface area (Å²) in [6.07, 6.45) is -2.70. The van der Waals surface area contributed by atoms with E-state index in [9.17, 15) is 23.5 Å². The first-order valence-corrected chi connectivity index (χ1v) is 12.1. The number of ether oxygens (including phenoxy) is 4. The molecule has 0 aromatic heterocycles. The van der Waals surface area contributed by atoms with Crippen molar-refractivity contribution in [1.29, 1.82) is 0 Å². The zero-order valence-electron chi connectivity index (χ0n) is 20.2. The Morgan fingerprint density at radius 3 is 2.42 bits per heavy atom. The molecule has 0 spiro atoms. The highest BCUT2D eigenvalue weighted by atomic mass is 19.3. The molecular formula is C28H23F2NO7. The quantitative estimate of drug-likeness (QED) is 0.458. The maximum absolute atomic E-state index is 13.6. The first-order valence-electron chi connectivity index (χ1n) is 12.1. The molecule has 196 valence electrons. The number of methoxy groups -OCH3 is 1. The number of carbonyl (C=O) groups excluding carboxylic acids is 2. The molecule has 3 aromatic carbocycles. The lowest BCUT2D eigenvalue weighted by atomic mass is 9.90. The number of fused-ring (bicyclic) bond motifs is 2. The van der Waals surface area contributed by atoms with Crippen LogP contribution < -0.4 is 19.5 Å². The highest BCUT2D eigenvalue weighted by molar-refractivity contribution is 5.92. The van der Waals surface area contributed by atoms with Crippen LogP contribution in [0.4, 0.5) is 8.78 Å². The van der Waals surface area contributed by atoms with Gasteiger partial charge >= 0.3 is 12.3 Å². The number of aromatic hydroxyl groups is 1. The van der Waals surface area contributed by atoms with Gasteiger partial charge in [-0.1, -0.05) is 18.2 Å². The van der Waals surface area contributed by atoms with E-state index in [2.05, 4.69) is 14.8 Å². The van der Waals surface area contributed by atoms with Crippen molar-refractivity contribution in [3.63, 3.8) is 0 Å². The van der Waals surface area contributed by atoms with Crippen LogP contribution in [0.2, 0.25) is 0 Å². The summed E-state index contributed by atoms with van der Waals surface area (Å²) in [7, 11) is 1.31. The maximum atomic E-state index is 13.6. The van der Waals surface area contributed by atoms with Gasteiger partial charge in [-0.15, -0.1) is 8.78 Å². The first-order chi connectivity index (χ1) is 18.2. The predicted octanol–water partition coefficient (Wildman–Crippen LogP) is 4.91. The minimum absolute atomic E-state index is 0.0198. The van der Waals surface area contributed by atoms with Gasteiger partial charge in [-0.3, -0.25) is 4.79 Å². The van der Waals surface area contributed by atoms with Crippen LogP contribution >= 0.6 is 0 Å². The van der Waals surface area contributed by atoms with Crippen molar-refractivity contribution in [2.45, 2.75) is 43.1 Å². The van der Waals surface area contributed by atoms with E-state index < -0.39 is 29.8 Å². The lowest BCUT2D eigenvalue weighted by Gasteiger charge is -2.34. The second kappa shape index (κ2) is 8.61. The molecular weight excluding hydrogens is 500 g/mol. The van der Waals surface area contributed by atoms with Gasteiger partial charge in [0, 0.05) is 18.1 Å². The Labute approximate surface area is 216 Å².